The van der Waals surface area contributed by atoms with Crippen LogP contribution in [0.1, 0.15) is 34.3 Å². The highest BCUT2D eigenvalue weighted by Crippen LogP contribution is 2.38. The van der Waals surface area contributed by atoms with Gasteiger partial charge in [0.1, 0.15) is 5.82 Å². The Hall–Kier alpha value is -2.48. The van der Waals surface area contributed by atoms with E-state index in [1.807, 2.05) is 39.1 Å². The summed E-state index contributed by atoms with van der Waals surface area (Å²) in [6.07, 6.45) is 2.35. The van der Waals surface area contributed by atoms with Crippen LogP contribution in [0, 0.1) is 0 Å². The van der Waals surface area contributed by atoms with Crippen molar-refractivity contribution >= 4 is 28.7 Å². The molecule has 2 aliphatic rings. The minimum Gasteiger partial charge on any atom is -0.352 e. The van der Waals surface area contributed by atoms with E-state index in [1.54, 1.807) is 0 Å². The van der Waals surface area contributed by atoms with Gasteiger partial charge in [-0.05, 0) is 36.4 Å². The third-order valence-corrected chi connectivity index (χ3v) is 5.70. The molecule has 1 saturated heterocycles. The van der Waals surface area contributed by atoms with Crippen LogP contribution in [0.15, 0.2) is 29.6 Å². The smallest absolute Gasteiger partial charge is 0.264 e. The Balaban J connectivity index is 1.33. The highest BCUT2D eigenvalue weighted by Gasteiger charge is 2.30. The zero-order valence-corrected chi connectivity index (χ0v) is 14.5. The number of amides is 1. The van der Waals surface area contributed by atoms with Gasteiger partial charge in [0.05, 0.1) is 4.88 Å². The molecule has 8 heteroatoms. The number of thiophene rings is 1. The molecule has 1 aliphatic heterocycles. The van der Waals surface area contributed by atoms with Gasteiger partial charge in [0.25, 0.3) is 5.91 Å². The first-order valence-electron chi connectivity index (χ1n) is 8.60. The third-order valence-electron chi connectivity index (χ3n) is 4.84. The lowest BCUT2D eigenvalue weighted by Crippen LogP contribution is -2.49. The number of fused-ring (bicyclic) bond motifs is 1. The maximum Gasteiger partial charge on any atom is 0.264 e. The molecule has 2 fully saturated rings. The Labute approximate surface area is 148 Å². The molecule has 0 bridgehead atoms. The second kappa shape index (κ2) is 5.80. The van der Waals surface area contributed by atoms with Crippen molar-refractivity contribution in [2.75, 3.05) is 31.1 Å². The van der Waals surface area contributed by atoms with Crippen LogP contribution in [-0.2, 0) is 0 Å². The van der Waals surface area contributed by atoms with Crippen LogP contribution in [0.25, 0.3) is 5.65 Å². The fraction of sp³-hybridized carbons (Fsp3) is 0.412. The van der Waals surface area contributed by atoms with Crippen molar-refractivity contribution in [1.82, 2.24) is 24.7 Å². The summed E-state index contributed by atoms with van der Waals surface area (Å²) in [6, 6.07) is 7.78. The maximum absolute atomic E-state index is 12.5. The van der Waals surface area contributed by atoms with Crippen molar-refractivity contribution in [1.29, 1.82) is 0 Å². The van der Waals surface area contributed by atoms with Crippen molar-refractivity contribution in [3.8, 4) is 0 Å². The minimum absolute atomic E-state index is 0.132. The number of carbonyl (C=O) groups is 1. The molecule has 128 valence electrons. The molecule has 1 saturated carbocycles. The number of aromatic nitrogens is 4. The Kier molecular flexibility index (Phi) is 3.44. The van der Waals surface area contributed by atoms with Crippen LogP contribution in [-0.4, -0.2) is 56.8 Å². The van der Waals surface area contributed by atoms with Crippen molar-refractivity contribution < 1.29 is 4.79 Å². The lowest BCUT2D eigenvalue weighted by Gasteiger charge is -2.35. The Morgan fingerprint density at radius 3 is 2.64 bits per heavy atom. The van der Waals surface area contributed by atoms with Gasteiger partial charge in [-0.3, -0.25) is 4.79 Å². The molecule has 5 rings (SSSR count). The molecule has 25 heavy (non-hydrogen) atoms. The fourth-order valence-electron chi connectivity index (χ4n) is 3.26. The summed E-state index contributed by atoms with van der Waals surface area (Å²) in [4.78, 5) is 17.4. The molecular formula is C17H18N6OS. The van der Waals surface area contributed by atoms with Gasteiger partial charge in [-0.25, -0.2) is 0 Å². The van der Waals surface area contributed by atoms with Gasteiger partial charge >= 0.3 is 0 Å². The summed E-state index contributed by atoms with van der Waals surface area (Å²) in [5, 5.41) is 15.2. The highest BCUT2D eigenvalue weighted by molar-refractivity contribution is 7.12. The second-order valence-electron chi connectivity index (χ2n) is 6.55. The predicted molar refractivity (Wildman–Crippen MR) is 95.2 cm³/mol. The third kappa shape index (κ3) is 2.66. The van der Waals surface area contributed by atoms with Gasteiger partial charge in [0.2, 0.25) is 0 Å². The molecule has 3 aromatic heterocycles. The molecule has 0 unspecified atom stereocenters. The van der Waals surface area contributed by atoms with Gasteiger partial charge < -0.3 is 9.80 Å². The van der Waals surface area contributed by atoms with E-state index in [-0.39, 0.29) is 5.91 Å². The average molecular weight is 354 g/mol. The van der Waals surface area contributed by atoms with Crippen molar-refractivity contribution in [2.24, 2.45) is 0 Å². The zero-order valence-electron chi connectivity index (χ0n) is 13.7. The molecule has 7 nitrogen and oxygen atoms in total. The van der Waals surface area contributed by atoms with Gasteiger partial charge in [0, 0.05) is 32.1 Å². The van der Waals surface area contributed by atoms with E-state index >= 15 is 0 Å². The summed E-state index contributed by atoms with van der Waals surface area (Å²) in [6.45, 7) is 3.01. The number of carbonyl (C=O) groups excluding carboxylic acids is 1. The quantitative estimate of drug-likeness (QED) is 0.720. The highest BCUT2D eigenvalue weighted by atomic mass is 32.1. The normalized spacial score (nSPS) is 18.1. The largest absolute Gasteiger partial charge is 0.352 e. The first-order chi connectivity index (χ1) is 12.3. The topological polar surface area (TPSA) is 66.6 Å². The molecule has 0 atom stereocenters. The zero-order chi connectivity index (χ0) is 16.8. The molecule has 1 amide bonds. The fourth-order valence-corrected chi connectivity index (χ4v) is 3.95. The molecule has 1 aliphatic carbocycles. The summed E-state index contributed by atoms with van der Waals surface area (Å²) in [5.74, 6) is 2.55. The number of rotatable bonds is 3. The number of hydrogen-bond acceptors (Lipinski definition) is 6. The average Bonchev–Trinajstić information content (AvgIpc) is 3.19. The Morgan fingerprint density at radius 2 is 1.92 bits per heavy atom. The van der Waals surface area contributed by atoms with E-state index in [4.69, 9.17) is 5.10 Å². The number of piperazine rings is 1. The predicted octanol–water partition coefficient (Wildman–Crippen LogP) is 2.03. The number of hydrogen-bond donors (Lipinski definition) is 0. The molecular weight excluding hydrogens is 336 g/mol. The van der Waals surface area contributed by atoms with Gasteiger partial charge in [-0.2, -0.15) is 4.52 Å². The van der Waals surface area contributed by atoms with Gasteiger partial charge in [-0.15, -0.1) is 26.6 Å². The molecule has 4 heterocycles. The Morgan fingerprint density at radius 1 is 1.08 bits per heavy atom. The van der Waals surface area contributed by atoms with Crippen LogP contribution in [0.3, 0.4) is 0 Å². The minimum atomic E-state index is 0.132. The number of nitrogens with zero attached hydrogens (tertiary/aromatic N) is 6. The van der Waals surface area contributed by atoms with E-state index < -0.39 is 0 Å². The van der Waals surface area contributed by atoms with Crippen molar-refractivity contribution in [3.63, 3.8) is 0 Å². The summed E-state index contributed by atoms with van der Waals surface area (Å²) in [5.41, 5.74) is 0.803. The molecule has 0 N–H and O–H groups in total. The molecule has 0 aromatic carbocycles. The van der Waals surface area contributed by atoms with Crippen LogP contribution >= 0.6 is 11.3 Å². The van der Waals surface area contributed by atoms with Crippen LogP contribution in [0.5, 0.6) is 0 Å². The van der Waals surface area contributed by atoms with Crippen LogP contribution in [0.4, 0.5) is 5.82 Å². The summed E-state index contributed by atoms with van der Waals surface area (Å²) < 4.78 is 1.89. The number of anilines is 1. The van der Waals surface area contributed by atoms with Crippen LogP contribution < -0.4 is 4.90 Å². The summed E-state index contributed by atoms with van der Waals surface area (Å²) >= 11 is 1.50. The van der Waals surface area contributed by atoms with Gasteiger partial charge in [0.15, 0.2) is 11.5 Å². The first kappa shape index (κ1) is 14.8. The Bertz CT molecular complexity index is 909. The summed E-state index contributed by atoms with van der Waals surface area (Å²) in [7, 11) is 0. The lowest BCUT2D eigenvalue weighted by molar-refractivity contribution is 0.0751. The van der Waals surface area contributed by atoms with Crippen LogP contribution in [0.2, 0.25) is 0 Å². The SMILES string of the molecule is O=C(c1cccs1)N1CCN(c2ccc3nnc(C4CC4)n3n2)CC1. The second-order valence-corrected chi connectivity index (χ2v) is 7.50. The maximum atomic E-state index is 12.5. The first-order valence-corrected chi connectivity index (χ1v) is 9.47. The molecule has 0 spiro atoms. The standard InChI is InChI=1S/C17H18N6OS/c24-17(13-2-1-11-25-13)22-9-7-21(8-10-22)15-6-5-14-18-19-16(12-3-4-12)23(14)20-15/h1-2,5-6,11-12H,3-4,7-10H2. The van der Waals surface area contributed by atoms with E-state index in [2.05, 4.69) is 15.1 Å². The van der Waals surface area contributed by atoms with Crippen molar-refractivity contribution in [3.05, 3.63) is 40.3 Å². The van der Waals surface area contributed by atoms with E-state index in [1.165, 1.54) is 24.2 Å². The van der Waals surface area contributed by atoms with Crippen molar-refractivity contribution in [2.45, 2.75) is 18.8 Å². The lowest BCUT2D eigenvalue weighted by atomic mass is 10.3. The molecule has 3 aromatic rings. The monoisotopic (exact) mass is 354 g/mol. The van der Waals surface area contributed by atoms with E-state index in [9.17, 15) is 4.79 Å². The van der Waals surface area contributed by atoms with E-state index in [0.717, 1.165) is 35.3 Å². The van der Waals surface area contributed by atoms with E-state index in [0.29, 0.717) is 19.0 Å². The molecule has 0 radical (unpaired) electrons. The van der Waals surface area contributed by atoms with Gasteiger partial charge in [-0.1, -0.05) is 6.07 Å².